The largest absolute Gasteiger partial charge is 0.479 e. The predicted octanol–water partition coefficient (Wildman–Crippen LogP) is 1.84. The van der Waals surface area contributed by atoms with E-state index in [4.69, 9.17) is 9.84 Å². The standard InChI is InChI=1S/C15H19NO4/c1-3-10-4-6-11(7-5-10)16(2)14(17)12-8-9-13(20-12)15(18)19/h4-7,12-13H,3,8-9H2,1-2H3,(H,18,19)/t12-,13+/m0/s1. The smallest absolute Gasteiger partial charge is 0.332 e. The van der Waals surface area contributed by atoms with Crippen LogP contribution >= 0.6 is 0 Å². The molecule has 1 aromatic carbocycles. The molecule has 0 saturated carbocycles. The van der Waals surface area contributed by atoms with Crippen LogP contribution in [0.2, 0.25) is 0 Å². The average molecular weight is 277 g/mol. The highest BCUT2D eigenvalue weighted by atomic mass is 16.5. The number of carboxylic acids is 1. The first-order chi connectivity index (χ1) is 9.52. The lowest BCUT2D eigenvalue weighted by Gasteiger charge is -2.21. The van der Waals surface area contributed by atoms with Crippen LogP contribution in [-0.4, -0.2) is 36.2 Å². The number of hydrogen-bond acceptors (Lipinski definition) is 3. The Labute approximate surface area is 118 Å². The van der Waals surface area contributed by atoms with E-state index in [2.05, 4.69) is 6.92 Å². The van der Waals surface area contributed by atoms with Gasteiger partial charge in [-0.15, -0.1) is 0 Å². The van der Waals surface area contributed by atoms with Gasteiger partial charge in [0.25, 0.3) is 5.91 Å². The van der Waals surface area contributed by atoms with E-state index < -0.39 is 18.2 Å². The zero-order chi connectivity index (χ0) is 14.7. The third-order valence-electron chi connectivity index (χ3n) is 3.63. The van der Waals surface area contributed by atoms with E-state index >= 15 is 0 Å². The van der Waals surface area contributed by atoms with E-state index in [1.165, 1.54) is 10.5 Å². The molecular formula is C15H19NO4. The summed E-state index contributed by atoms with van der Waals surface area (Å²) in [6, 6.07) is 7.74. The van der Waals surface area contributed by atoms with E-state index in [0.717, 1.165) is 12.1 Å². The Balaban J connectivity index is 2.03. The Kier molecular flexibility index (Phi) is 4.39. The van der Waals surface area contributed by atoms with Gasteiger partial charge >= 0.3 is 5.97 Å². The van der Waals surface area contributed by atoms with E-state index in [1.54, 1.807) is 7.05 Å². The number of carbonyl (C=O) groups is 2. The molecule has 0 radical (unpaired) electrons. The zero-order valence-corrected chi connectivity index (χ0v) is 11.7. The molecule has 108 valence electrons. The molecule has 0 bridgehead atoms. The molecule has 1 saturated heterocycles. The fourth-order valence-corrected chi connectivity index (χ4v) is 2.30. The van der Waals surface area contributed by atoms with E-state index in [9.17, 15) is 9.59 Å². The van der Waals surface area contributed by atoms with Crippen molar-refractivity contribution in [1.82, 2.24) is 0 Å². The number of likely N-dealkylation sites (N-methyl/N-ethyl adjacent to an activating group) is 1. The van der Waals surface area contributed by atoms with Gasteiger partial charge in [0.2, 0.25) is 0 Å². The summed E-state index contributed by atoms with van der Waals surface area (Å²) >= 11 is 0. The highest BCUT2D eigenvalue weighted by molar-refractivity contribution is 5.96. The van der Waals surface area contributed by atoms with Crippen molar-refractivity contribution in [3.8, 4) is 0 Å². The van der Waals surface area contributed by atoms with Gasteiger partial charge in [-0.1, -0.05) is 19.1 Å². The van der Waals surface area contributed by atoms with Crippen LogP contribution in [0.4, 0.5) is 5.69 Å². The lowest BCUT2D eigenvalue weighted by molar-refractivity contribution is -0.151. The highest BCUT2D eigenvalue weighted by Gasteiger charge is 2.36. The number of ether oxygens (including phenoxy) is 1. The number of anilines is 1. The van der Waals surface area contributed by atoms with E-state index in [-0.39, 0.29) is 5.91 Å². The molecule has 5 nitrogen and oxygen atoms in total. The van der Waals surface area contributed by atoms with Crippen LogP contribution in [0.3, 0.4) is 0 Å². The molecule has 1 N–H and O–H groups in total. The molecular weight excluding hydrogens is 258 g/mol. The van der Waals surface area contributed by atoms with Gasteiger partial charge in [-0.3, -0.25) is 4.79 Å². The molecule has 0 spiro atoms. The second-order valence-corrected chi connectivity index (χ2v) is 4.95. The summed E-state index contributed by atoms with van der Waals surface area (Å²) in [4.78, 5) is 24.6. The number of carboxylic acid groups (broad SMARTS) is 1. The molecule has 0 aliphatic carbocycles. The lowest BCUT2D eigenvalue weighted by Crippen LogP contribution is -2.37. The molecule has 20 heavy (non-hydrogen) atoms. The second kappa shape index (κ2) is 6.05. The molecule has 5 heteroatoms. The zero-order valence-electron chi connectivity index (χ0n) is 11.7. The van der Waals surface area contributed by atoms with Crippen LogP contribution < -0.4 is 4.90 Å². The van der Waals surface area contributed by atoms with Gasteiger partial charge in [-0.2, -0.15) is 0 Å². The van der Waals surface area contributed by atoms with Crippen LogP contribution in [-0.2, 0) is 20.7 Å². The van der Waals surface area contributed by atoms with Gasteiger partial charge in [0, 0.05) is 12.7 Å². The van der Waals surface area contributed by atoms with Gasteiger partial charge in [0.1, 0.15) is 6.10 Å². The maximum Gasteiger partial charge on any atom is 0.332 e. The number of aryl methyl sites for hydroxylation is 1. The SMILES string of the molecule is CCc1ccc(N(C)C(=O)[C@@H]2CC[C@H](C(=O)O)O2)cc1. The number of benzene rings is 1. The summed E-state index contributed by atoms with van der Waals surface area (Å²) in [6.45, 7) is 2.07. The molecule has 1 aliphatic rings. The molecule has 1 amide bonds. The minimum atomic E-state index is -1.00. The van der Waals surface area contributed by atoms with Crippen LogP contribution in [0.15, 0.2) is 24.3 Å². The minimum Gasteiger partial charge on any atom is -0.479 e. The van der Waals surface area contributed by atoms with Gasteiger partial charge in [0.15, 0.2) is 6.10 Å². The molecule has 2 atom stereocenters. The Bertz CT molecular complexity index is 497. The first-order valence-electron chi connectivity index (χ1n) is 6.77. The first kappa shape index (κ1) is 14.5. The van der Waals surface area contributed by atoms with Crippen molar-refractivity contribution in [2.24, 2.45) is 0 Å². The van der Waals surface area contributed by atoms with Gasteiger partial charge in [0.05, 0.1) is 0 Å². The summed E-state index contributed by atoms with van der Waals surface area (Å²) in [6.07, 6.45) is 0.262. The van der Waals surface area contributed by atoms with Crippen molar-refractivity contribution >= 4 is 17.6 Å². The van der Waals surface area contributed by atoms with Gasteiger partial charge in [-0.25, -0.2) is 4.79 Å². The minimum absolute atomic E-state index is 0.196. The Morgan fingerprint density at radius 2 is 1.85 bits per heavy atom. The number of nitrogens with zero attached hydrogens (tertiary/aromatic N) is 1. The molecule has 1 aliphatic heterocycles. The predicted molar refractivity (Wildman–Crippen MR) is 74.8 cm³/mol. The molecule has 1 heterocycles. The summed E-state index contributed by atoms with van der Waals surface area (Å²) < 4.78 is 5.28. The molecule has 0 aromatic heterocycles. The van der Waals surface area contributed by atoms with Crippen LogP contribution in [0.5, 0.6) is 0 Å². The number of hydrogen-bond donors (Lipinski definition) is 1. The normalized spacial score (nSPS) is 21.7. The van der Waals surface area contributed by atoms with Crippen molar-refractivity contribution in [2.75, 3.05) is 11.9 Å². The van der Waals surface area contributed by atoms with Gasteiger partial charge < -0.3 is 14.7 Å². The summed E-state index contributed by atoms with van der Waals surface area (Å²) in [5.41, 5.74) is 1.99. The number of carbonyl (C=O) groups excluding carboxylic acids is 1. The maximum atomic E-state index is 12.3. The topological polar surface area (TPSA) is 66.8 Å². The average Bonchev–Trinajstić information content (AvgIpc) is 2.96. The summed E-state index contributed by atoms with van der Waals surface area (Å²) in [5, 5.41) is 8.88. The van der Waals surface area contributed by atoms with Crippen molar-refractivity contribution in [3.05, 3.63) is 29.8 Å². The Hall–Kier alpha value is -1.88. The van der Waals surface area contributed by atoms with Crippen LogP contribution in [0.25, 0.3) is 0 Å². The molecule has 1 fully saturated rings. The quantitative estimate of drug-likeness (QED) is 0.912. The van der Waals surface area contributed by atoms with Gasteiger partial charge in [-0.05, 0) is 37.0 Å². The van der Waals surface area contributed by atoms with Crippen molar-refractivity contribution < 1.29 is 19.4 Å². The third-order valence-corrected chi connectivity index (χ3v) is 3.63. The Morgan fingerprint density at radius 1 is 1.25 bits per heavy atom. The van der Waals surface area contributed by atoms with Crippen molar-refractivity contribution in [3.63, 3.8) is 0 Å². The summed E-state index contributed by atoms with van der Waals surface area (Å²) in [5.74, 6) is -1.20. The second-order valence-electron chi connectivity index (χ2n) is 4.95. The Morgan fingerprint density at radius 3 is 2.35 bits per heavy atom. The fraction of sp³-hybridized carbons (Fsp3) is 0.467. The third kappa shape index (κ3) is 2.99. The number of amides is 1. The van der Waals surface area contributed by atoms with E-state index in [1.807, 2.05) is 24.3 Å². The molecule has 0 unspecified atom stereocenters. The molecule has 2 rings (SSSR count). The number of rotatable bonds is 4. The van der Waals surface area contributed by atoms with E-state index in [0.29, 0.717) is 12.8 Å². The first-order valence-corrected chi connectivity index (χ1v) is 6.77. The summed E-state index contributed by atoms with van der Waals surface area (Å²) in [7, 11) is 1.68. The van der Waals surface area contributed by atoms with Crippen LogP contribution in [0.1, 0.15) is 25.3 Å². The van der Waals surface area contributed by atoms with Crippen LogP contribution in [0, 0.1) is 0 Å². The highest BCUT2D eigenvalue weighted by Crippen LogP contribution is 2.23. The van der Waals surface area contributed by atoms with Crippen molar-refractivity contribution in [2.45, 2.75) is 38.4 Å². The monoisotopic (exact) mass is 277 g/mol. The van der Waals surface area contributed by atoms with Crippen molar-refractivity contribution in [1.29, 1.82) is 0 Å². The number of aliphatic carboxylic acids is 1. The fourth-order valence-electron chi connectivity index (χ4n) is 2.30. The maximum absolute atomic E-state index is 12.3. The lowest BCUT2D eigenvalue weighted by atomic mass is 10.1. The molecule has 1 aromatic rings.